The fourth-order valence-corrected chi connectivity index (χ4v) is 1.71. The molecule has 4 N–H and O–H groups in total. The average molecular weight is 217 g/mol. The Morgan fingerprint density at radius 2 is 2.12 bits per heavy atom. The molecule has 0 spiro atoms. The van der Waals surface area contributed by atoms with Gasteiger partial charge in [-0.15, -0.1) is 0 Å². The minimum atomic E-state index is 0.247. The lowest BCUT2D eigenvalue weighted by atomic mass is 10.1. The molecule has 2 aromatic rings. The van der Waals surface area contributed by atoms with Crippen LogP contribution in [0.3, 0.4) is 0 Å². The average Bonchev–Trinajstić information content (AvgIpc) is 2.61. The predicted molar refractivity (Wildman–Crippen MR) is 63.2 cm³/mol. The topological polar surface area (TPSA) is 74.9 Å². The molecule has 0 aliphatic rings. The minimum absolute atomic E-state index is 0.247. The van der Waals surface area contributed by atoms with Gasteiger partial charge in [0.2, 0.25) is 0 Å². The van der Waals surface area contributed by atoms with Crippen LogP contribution in [-0.4, -0.2) is 21.6 Å². The van der Waals surface area contributed by atoms with E-state index in [-0.39, 0.29) is 5.75 Å². The molecule has 84 valence electrons. The molecule has 0 amide bonds. The van der Waals surface area contributed by atoms with Crippen LogP contribution in [0.5, 0.6) is 5.75 Å². The Balaban J connectivity index is 2.44. The number of H-pyrrole nitrogens is 1. The lowest BCUT2D eigenvalue weighted by Gasteiger charge is -2.01. The summed E-state index contributed by atoms with van der Waals surface area (Å²) in [6, 6.07) is 7.18. The van der Waals surface area contributed by atoms with Gasteiger partial charge in [-0.3, -0.25) is 0 Å². The highest BCUT2D eigenvalue weighted by molar-refractivity contribution is 5.68. The van der Waals surface area contributed by atoms with Crippen molar-refractivity contribution in [2.75, 3.05) is 6.54 Å². The molecule has 4 heteroatoms. The van der Waals surface area contributed by atoms with Crippen molar-refractivity contribution in [3.05, 3.63) is 35.8 Å². The maximum absolute atomic E-state index is 9.75. The molecule has 16 heavy (non-hydrogen) atoms. The van der Waals surface area contributed by atoms with Crippen LogP contribution < -0.4 is 5.73 Å². The first-order chi connectivity index (χ1) is 7.72. The molecule has 1 aromatic heterocycles. The molecule has 2 rings (SSSR count). The third kappa shape index (κ3) is 1.92. The van der Waals surface area contributed by atoms with Crippen LogP contribution in [0.1, 0.15) is 11.5 Å². The molecule has 1 heterocycles. The number of nitrogens with zero attached hydrogens (tertiary/aromatic N) is 1. The van der Waals surface area contributed by atoms with E-state index in [2.05, 4.69) is 9.97 Å². The van der Waals surface area contributed by atoms with Crippen molar-refractivity contribution in [2.45, 2.75) is 13.3 Å². The number of para-hydroxylation sites is 1. The Bertz CT molecular complexity index is 491. The van der Waals surface area contributed by atoms with Crippen molar-refractivity contribution in [3.8, 4) is 17.0 Å². The van der Waals surface area contributed by atoms with E-state index in [1.54, 1.807) is 12.1 Å². The van der Waals surface area contributed by atoms with E-state index in [4.69, 9.17) is 5.73 Å². The zero-order chi connectivity index (χ0) is 11.5. The van der Waals surface area contributed by atoms with Crippen LogP contribution in [-0.2, 0) is 6.42 Å². The second kappa shape index (κ2) is 4.37. The van der Waals surface area contributed by atoms with Gasteiger partial charge < -0.3 is 15.8 Å². The van der Waals surface area contributed by atoms with E-state index in [0.29, 0.717) is 13.0 Å². The predicted octanol–water partition coefficient (Wildman–Crippen LogP) is 1.59. The number of hydrogen-bond acceptors (Lipinski definition) is 3. The monoisotopic (exact) mass is 217 g/mol. The van der Waals surface area contributed by atoms with Crippen molar-refractivity contribution in [1.29, 1.82) is 0 Å². The van der Waals surface area contributed by atoms with Crippen molar-refractivity contribution in [2.24, 2.45) is 5.73 Å². The molecular weight excluding hydrogens is 202 g/mol. The number of nitrogens with two attached hydrogens (primary N) is 1. The Kier molecular flexibility index (Phi) is 2.92. The quantitative estimate of drug-likeness (QED) is 0.730. The summed E-state index contributed by atoms with van der Waals surface area (Å²) < 4.78 is 0. The van der Waals surface area contributed by atoms with Gasteiger partial charge in [-0.05, 0) is 25.6 Å². The van der Waals surface area contributed by atoms with Crippen LogP contribution in [0, 0.1) is 6.92 Å². The van der Waals surface area contributed by atoms with Gasteiger partial charge in [-0.1, -0.05) is 12.1 Å². The van der Waals surface area contributed by atoms with Gasteiger partial charge in [-0.25, -0.2) is 4.98 Å². The van der Waals surface area contributed by atoms with Crippen LogP contribution in [0.2, 0.25) is 0 Å². The van der Waals surface area contributed by atoms with E-state index in [9.17, 15) is 5.11 Å². The molecular formula is C12H15N3O. The summed E-state index contributed by atoms with van der Waals surface area (Å²) in [6.07, 6.45) is 0.717. The minimum Gasteiger partial charge on any atom is -0.507 e. The van der Waals surface area contributed by atoms with E-state index in [0.717, 1.165) is 22.8 Å². The van der Waals surface area contributed by atoms with Crippen molar-refractivity contribution in [3.63, 3.8) is 0 Å². The Morgan fingerprint density at radius 1 is 1.38 bits per heavy atom. The summed E-state index contributed by atoms with van der Waals surface area (Å²) in [5.74, 6) is 1.11. The zero-order valence-corrected chi connectivity index (χ0v) is 9.20. The highest BCUT2D eigenvalue weighted by atomic mass is 16.3. The lowest BCUT2D eigenvalue weighted by Crippen LogP contribution is -2.03. The molecule has 0 aliphatic carbocycles. The Labute approximate surface area is 94.1 Å². The Morgan fingerprint density at radius 3 is 2.81 bits per heavy atom. The summed E-state index contributed by atoms with van der Waals surface area (Å²) in [6.45, 7) is 2.50. The van der Waals surface area contributed by atoms with Gasteiger partial charge in [0.1, 0.15) is 11.6 Å². The number of benzene rings is 1. The van der Waals surface area contributed by atoms with Crippen molar-refractivity contribution < 1.29 is 5.11 Å². The summed E-state index contributed by atoms with van der Waals surface area (Å²) in [7, 11) is 0. The third-order valence-corrected chi connectivity index (χ3v) is 2.47. The number of aromatic hydroxyl groups is 1. The Hall–Kier alpha value is -1.81. The molecule has 0 unspecified atom stereocenters. The van der Waals surface area contributed by atoms with Crippen LogP contribution >= 0.6 is 0 Å². The first-order valence-corrected chi connectivity index (χ1v) is 5.26. The number of hydrogen-bond donors (Lipinski definition) is 3. The van der Waals surface area contributed by atoms with Gasteiger partial charge in [0, 0.05) is 17.7 Å². The molecule has 0 bridgehead atoms. The van der Waals surface area contributed by atoms with Gasteiger partial charge >= 0.3 is 0 Å². The third-order valence-electron chi connectivity index (χ3n) is 2.47. The zero-order valence-electron chi connectivity index (χ0n) is 9.20. The number of imidazole rings is 1. The fraction of sp³-hybridized carbons (Fsp3) is 0.250. The first kappa shape index (κ1) is 10.7. The number of phenols is 1. The van der Waals surface area contributed by atoms with Gasteiger partial charge in [0.15, 0.2) is 0 Å². The number of aryl methyl sites for hydroxylation is 1. The lowest BCUT2D eigenvalue weighted by molar-refractivity contribution is 0.477. The molecule has 0 fully saturated rings. The second-order valence-corrected chi connectivity index (χ2v) is 3.71. The number of nitrogens with one attached hydrogen (secondary N) is 1. The SMILES string of the molecule is Cc1[nH]c(CCN)nc1-c1ccccc1O. The van der Waals surface area contributed by atoms with Crippen LogP contribution in [0.4, 0.5) is 0 Å². The fourth-order valence-electron chi connectivity index (χ4n) is 1.71. The largest absolute Gasteiger partial charge is 0.507 e. The molecule has 1 aromatic carbocycles. The standard InChI is InChI=1S/C12H15N3O/c1-8-12(15-11(14-8)6-7-13)9-4-2-3-5-10(9)16/h2-5,16H,6-7,13H2,1H3,(H,14,15). The molecule has 0 saturated carbocycles. The number of phenolic OH excluding ortho intramolecular Hbond substituents is 1. The highest BCUT2D eigenvalue weighted by Crippen LogP contribution is 2.29. The van der Waals surface area contributed by atoms with Crippen LogP contribution in [0.15, 0.2) is 24.3 Å². The van der Waals surface area contributed by atoms with Gasteiger partial charge in [0.05, 0.1) is 5.69 Å². The molecule has 0 saturated heterocycles. The smallest absolute Gasteiger partial charge is 0.125 e. The van der Waals surface area contributed by atoms with E-state index in [1.165, 1.54) is 0 Å². The number of aromatic amines is 1. The van der Waals surface area contributed by atoms with Gasteiger partial charge in [0.25, 0.3) is 0 Å². The van der Waals surface area contributed by atoms with E-state index in [1.807, 2.05) is 19.1 Å². The van der Waals surface area contributed by atoms with Gasteiger partial charge in [-0.2, -0.15) is 0 Å². The maximum atomic E-state index is 9.75. The van der Waals surface area contributed by atoms with E-state index >= 15 is 0 Å². The summed E-state index contributed by atoms with van der Waals surface area (Å²) in [4.78, 5) is 7.60. The summed E-state index contributed by atoms with van der Waals surface area (Å²) in [5, 5.41) is 9.75. The van der Waals surface area contributed by atoms with E-state index < -0.39 is 0 Å². The molecule has 4 nitrogen and oxygen atoms in total. The first-order valence-electron chi connectivity index (χ1n) is 5.26. The van der Waals surface area contributed by atoms with Crippen molar-refractivity contribution in [1.82, 2.24) is 9.97 Å². The van der Waals surface area contributed by atoms with Crippen molar-refractivity contribution >= 4 is 0 Å². The molecule has 0 atom stereocenters. The normalized spacial score (nSPS) is 10.6. The maximum Gasteiger partial charge on any atom is 0.125 e. The van der Waals surface area contributed by atoms with Crippen LogP contribution in [0.25, 0.3) is 11.3 Å². The summed E-state index contributed by atoms with van der Waals surface area (Å²) in [5.41, 5.74) is 7.97. The molecule has 0 radical (unpaired) electrons. The molecule has 0 aliphatic heterocycles. The number of aromatic nitrogens is 2. The highest BCUT2D eigenvalue weighted by Gasteiger charge is 2.11. The summed E-state index contributed by atoms with van der Waals surface area (Å²) >= 11 is 0. The number of rotatable bonds is 3. The second-order valence-electron chi connectivity index (χ2n) is 3.71.